The Bertz CT molecular complexity index is 643. The van der Waals surface area contributed by atoms with E-state index in [-0.39, 0.29) is 11.3 Å². The molecule has 0 bridgehead atoms. The Morgan fingerprint density at radius 2 is 2.10 bits per heavy atom. The third-order valence-corrected chi connectivity index (χ3v) is 2.63. The van der Waals surface area contributed by atoms with Gasteiger partial charge in [-0.05, 0) is 18.2 Å². The number of hydrogen-bond acceptors (Lipinski definition) is 5. The first-order valence-electron chi connectivity index (χ1n) is 5.80. The van der Waals surface area contributed by atoms with Crippen molar-refractivity contribution in [3.05, 3.63) is 58.3 Å². The third kappa shape index (κ3) is 2.89. The summed E-state index contributed by atoms with van der Waals surface area (Å²) in [5.41, 5.74) is 0.548. The number of nitro groups is 1. The minimum Gasteiger partial charge on any atom is -0.387 e. The van der Waals surface area contributed by atoms with E-state index in [0.717, 1.165) is 0 Å². The van der Waals surface area contributed by atoms with Crippen LogP contribution in [-0.2, 0) is 0 Å². The molecule has 0 saturated carbocycles. The molecule has 2 N–H and O–H groups in total. The Morgan fingerprint density at radius 1 is 1.30 bits per heavy atom. The lowest BCUT2D eigenvalue weighted by Crippen LogP contribution is -2.15. The molecule has 1 aromatic carbocycles. The van der Waals surface area contributed by atoms with Crippen LogP contribution in [0.4, 0.5) is 17.2 Å². The Labute approximate surface area is 114 Å². The highest BCUT2D eigenvalue weighted by molar-refractivity contribution is 6.08. The highest BCUT2D eigenvalue weighted by Gasteiger charge is 2.16. The van der Waals surface area contributed by atoms with Gasteiger partial charge in [0.2, 0.25) is 0 Å². The number of anilines is 2. The first-order chi connectivity index (χ1) is 9.61. The molecule has 102 valence electrons. The van der Waals surface area contributed by atoms with Gasteiger partial charge in [-0.25, -0.2) is 4.98 Å². The number of nitrogens with zero attached hydrogens (tertiary/aromatic N) is 2. The molecule has 2 rings (SSSR count). The molecule has 0 fully saturated rings. The molecule has 1 heterocycles. The molecular weight excluding hydrogens is 260 g/mol. The zero-order valence-corrected chi connectivity index (χ0v) is 10.7. The van der Waals surface area contributed by atoms with E-state index in [1.165, 1.54) is 18.2 Å². The summed E-state index contributed by atoms with van der Waals surface area (Å²) in [6.07, 6.45) is 1.54. The number of non-ortho nitro benzene ring substituents is 1. The van der Waals surface area contributed by atoms with Gasteiger partial charge in [-0.15, -0.1) is 0 Å². The van der Waals surface area contributed by atoms with Gasteiger partial charge in [0.15, 0.2) is 0 Å². The van der Waals surface area contributed by atoms with E-state index in [4.69, 9.17) is 0 Å². The molecule has 0 unspecified atom stereocenters. The molecule has 0 saturated heterocycles. The number of rotatable bonds is 4. The molecule has 0 aliphatic heterocycles. The fraction of sp³-hybridized carbons (Fsp3) is 0.0769. The van der Waals surface area contributed by atoms with Crippen LogP contribution in [0.25, 0.3) is 0 Å². The average Bonchev–Trinajstić information content (AvgIpc) is 2.47. The van der Waals surface area contributed by atoms with Crippen molar-refractivity contribution in [1.29, 1.82) is 0 Å². The molecule has 7 nitrogen and oxygen atoms in total. The largest absolute Gasteiger partial charge is 0.387 e. The predicted molar refractivity (Wildman–Crippen MR) is 74.8 cm³/mol. The van der Waals surface area contributed by atoms with Crippen LogP contribution < -0.4 is 10.6 Å². The fourth-order valence-corrected chi connectivity index (χ4v) is 1.67. The number of nitro benzene ring substituents is 1. The van der Waals surface area contributed by atoms with Crippen molar-refractivity contribution in [2.75, 3.05) is 17.7 Å². The summed E-state index contributed by atoms with van der Waals surface area (Å²) in [7, 11) is 1.64. The summed E-state index contributed by atoms with van der Waals surface area (Å²) >= 11 is 0. The van der Waals surface area contributed by atoms with Crippen molar-refractivity contribution < 1.29 is 9.72 Å². The number of carbonyl (C=O) groups excluding carboxylic acids is 1. The predicted octanol–water partition coefficient (Wildman–Crippen LogP) is 2.28. The lowest BCUT2D eigenvalue weighted by Gasteiger charge is -2.09. The van der Waals surface area contributed by atoms with Crippen LogP contribution >= 0.6 is 0 Å². The third-order valence-electron chi connectivity index (χ3n) is 2.63. The van der Waals surface area contributed by atoms with Crippen LogP contribution in [0.3, 0.4) is 0 Å². The summed E-state index contributed by atoms with van der Waals surface area (Å²) in [6, 6.07) is 9.14. The Kier molecular flexibility index (Phi) is 3.90. The molecular formula is C13H12N4O3. The van der Waals surface area contributed by atoms with Crippen molar-refractivity contribution >= 4 is 23.1 Å². The van der Waals surface area contributed by atoms with Gasteiger partial charge in [-0.1, -0.05) is 6.07 Å². The molecule has 7 heteroatoms. The Morgan fingerprint density at radius 3 is 2.70 bits per heavy atom. The van der Waals surface area contributed by atoms with Crippen LogP contribution in [0.1, 0.15) is 10.4 Å². The SMILES string of the molecule is CNc1ccc([N+](=O)[O-])cc1C(=O)Nc1ccccn1. The molecule has 0 radical (unpaired) electrons. The van der Waals surface area contributed by atoms with Crippen LogP contribution in [-0.4, -0.2) is 22.9 Å². The normalized spacial score (nSPS) is 9.85. The van der Waals surface area contributed by atoms with E-state index < -0.39 is 10.8 Å². The van der Waals surface area contributed by atoms with Gasteiger partial charge in [0.05, 0.1) is 10.5 Å². The average molecular weight is 272 g/mol. The summed E-state index contributed by atoms with van der Waals surface area (Å²) in [5.74, 6) is -0.0807. The second-order valence-corrected chi connectivity index (χ2v) is 3.91. The van der Waals surface area contributed by atoms with Crippen LogP contribution in [0.5, 0.6) is 0 Å². The quantitative estimate of drug-likeness (QED) is 0.657. The number of benzene rings is 1. The molecule has 1 amide bonds. The minimum atomic E-state index is -0.545. The van der Waals surface area contributed by atoms with E-state index in [9.17, 15) is 14.9 Å². The molecule has 0 atom stereocenters. The maximum atomic E-state index is 12.2. The van der Waals surface area contributed by atoms with Crippen molar-refractivity contribution in [2.45, 2.75) is 0 Å². The van der Waals surface area contributed by atoms with E-state index >= 15 is 0 Å². The van der Waals surface area contributed by atoms with Crippen LogP contribution in [0.2, 0.25) is 0 Å². The summed E-state index contributed by atoms with van der Waals surface area (Å²) in [5, 5.41) is 16.2. The molecule has 0 aliphatic rings. The van der Waals surface area contributed by atoms with Crippen molar-refractivity contribution in [3.8, 4) is 0 Å². The van der Waals surface area contributed by atoms with E-state index in [0.29, 0.717) is 11.5 Å². The Balaban J connectivity index is 2.32. The van der Waals surface area contributed by atoms with Crippen LogP contribution in [0.15, 0.2) is 42.6 Å². The van der Waals surface area contributed by atoms with Gasteiger partial charge in [-0.3, -0.25) is 14.9 Å². The van der Waals surface area contributed by atoms with Gasteiger partial charge in [0, 0.05) is 31.1 Å². The molecule has 1 aromatic heterocycles. The van der Waals surface area contributed by atoms with Gasteiger partial charge in [0.1, 0.15) is 5.82 Å². The number of amides is 1. The Hall–Kier alpha value is -2.96. The second kappa shape index (κ2) is 5.79. The molecule has 2 aromatic rings. The molecule has 0 aliphatic carbocycles. The zero-order chi connectivity index (χ0) is 14.5. The van der Waals surface area contributed by atoms with Gasteiger partial charge in [-0.2, -0.15) is 0 Å². The standard InChI is InChI=1S/C13H12N4O3/c1-14-11-6-5-9(17(19)20)8-10(11)13(18)16-12-4-2-3-7-15-12/h2-8,14H,1H3,(H,15,16,18). The number of carbonyl (C=O) groups is 1. The number of pyridine rings is 1. The molecule has 20 heavy (non-hydrogen) atoms. The van der Waals surface area contributed by atoms with E-state index in [2.05, 4.69) is 15.6 Å². The van der Waals surface area contributed by atoms with E-state index in [1.54, 1.807) is 31.4 Å². The maximum absolute atomic E-state index is 12.2. The number of aromatic nitrogens is 1. The zero-order valence-electron chi connectivity index (χ0n) is 10.7. The van der Waals surface area contributed by atoms with Gasteiger partial charge >= 0.3 is 0 Å². The van der Waals surface area contributed by atoms with Gasteiger partial charge in [0.25, 0.3) is 11.6 Å². The summed E-state index contributed by atoms with van der Waals surface area (Å²) in [6.45, 7) is 0. The number of nitrogens with one attached hydrogen (secondary N) is 2. The second-order valence-electron chi connectivity index (χ2n) is 3.91. The lowest BCUT2D eigenvalue weighted by molar-refractivity contribution is -0.384. The minimum absolute atomic E-state index is 0.143. The molecule has 0 spiro atoms. The highest BCUT2D eigenvalue weighted by atomic mass is 16.6. The maximum Gasteiger partial charge on any atom is 0.270 e. The van der Waals surface area contributed by atoms with Crippen molar-refractivity contribution in [2.24, 2.45) is 0 Å². The highest BCUT2D eigenvalue weighted by Crippen LogP contribution is 2.22. The van der Waals surface area contributed by atoms with Crippen molar-refractivity contribution in [1.82, 2.24) is 4.98 Å². The number of hydrogen-bond donors (Lipinski definition) is 2. The summed E-state index contributed by atoms with van der Waals surface area (Å²) in [4.78, 5) is 26.4. The smallest absolute Gasteiger partial charge is 0.270 e. The first kappa shape index (κ1) is 13.5. The van der Waals surface area contributed by atoms with E-state index in [1.807, 2.05) is 0 Å². The van der Waals surface area contributed by atoms with Crippen LogP contribution in [0, 0.1) is 10.1 Å². The van der Waals surface area contributed by atoms with Gasteiger partial charge < -0.3 is 10.6 Å². The fourth-order valence-electron chi connectivity index (χ4n) is 1.67. The summed E-state index contributed by atoms with van der Waals surface area (Å²) < 4.78 is 0. The topological polar surface area (TPSA) is 97.2 Å². The monoisotopic (exact) mass is 272 g/mol. The first-order valence-corrected chi connectivity index (χ1v) is 5.80. The lowest BCUT2D eigenvalue weighted by atomic mass is 10.1. The van der Waals surface area contributed by atoms with Crippen molar-refractivity contribution in [3.63, 3.8) is 0 Å².